The normalized spacial score (nSPS) is 32.8. The zero-order valence-electron chi connectivity index (χ0n) is 11.0. The Morgan fingerprint density at radius 1 is 1.35 bits per heavy atom. The number of rotatable bonds is 0. The molecule has 2 saturated heterocycles. The van der Waals surface area contributed by atoms with E-state index in [0.29, 0.717) is 6.42 Å². The van der Waals surface area contributed by atoms with Crippen LogP contribution < -0.4 is 0 Å². The second kappa shape index (κ2) is 4.00. The first-order valence-electron chi connectivity index (χ1n) is 6.33. The molecule has 0 aromatic rings. The van der Waals surface area contributed by atoms with Crippen LogP contribution in [0, 0.1) is 5.92 Å². The molecule has 17 heavy (non-hydrogen) atoms. The predicted octanol–water partition coefficient (Wildman–Crippen LogP) is 2.36. The quantitative estimate of drug-likeness (QED) is 0.652. The van der Waals surface area contributed by atoms with Gasteiger partial charge in [0.1, 0.15) is 11.4 Å². The highest BCUT2D eigenvalue weighted by molar-refractivity contribution is 5.85. The van der Waals surface area contributed by atoms with Gasteiger partial charge in [-0.05, 0) is 33.6 Å². The molecule has 0 aromatic heterocycles. The van der Waals surface area contributed by atoms with Crippen molar-refractivity contribution < 1.29 is 14.3 Å². The summed E-state index contributed by atoms with van der Waals surface area (Å²) < 4.78 is 5.42. The Hall–Kier alpha value is -1.06. The van der Waals surface area contributed by atoms with Crippen LogP contribution in [0.4, 0.5) is 4.79 Å². The number of hydrogen-bond acceptors (Lipinski definition) is 3. The average Bonchev–Trinajstić information content (AvgIpc) is 2.51. The van der Waals surface area contributed by atoms with E-state index in [2.05, 4.69) is 0 Å². The number of fused-ring (bicyclic) bond motifs is 2. The predicted molar refractivity (Wildman–Crippen MR) is 63.7 cm³/mol. The van der Waals surface area contributed by atoms with Crippen LogP contribution in [0.2, 0.25) is 0 Å². The van der Waals surface area contributed by atoms with Gasteiger partial charge >= 0.3 is 6.09 Å². The molecule has 2 aliphatic heterocycles. The van der Waals surface area contributed by atoms with Crippen molar-refractivity contribution in [3.8, 4) is 0 Å². The van der Waals surface area contributed by atoms with Crippen LogP contribution in [0.1, 0.15) is 47.0 Å². The number of carbonyl (C=O) groups excluding carboxylic acids is 2. The van der Waals surface area contributed by atoms with Gasteiger partial charge in [0.25, 0.3) is 0 Å². The molecular formula is C13H21NO3. The molecule has 3 atom stereocenters. The number of Topliss-reactive ketones (excluding diaryl/α,β-unsaturated/α-hetero) is 1. The van der Waals surface area contributed by atoms with Crippen LogP contribution in [0.25, 0.3) is 0 Å². The van der Waals surface area contributed by atoms with E-state index in [0.717, 1.165) is 12.8 Å². The smallest absolute Gasteiger partial charge is 0.410 e. The summed E-state index contributed by atoms with van der Waals surface area (Å²) in [6, 6.07) is 0.120. The summed E-state index contributed by atoms with van der Waals surface area (Å²) >= 11 is 0. The molecule has 2 heterocycles. The average molecular weight is 239 g/mol. The van der Waals surface area contributed by atoms with Crippen molar-refractivity contribution in [2.24, 2.45) is 5.92 Å². The number of amides is 1. The number of hydrogen-bond donors (Lipinski definition) is 0. The zero-order valence-corrected chi connectivity index (χ0v) is 11.0. The first kappa shape index (κ1) is 12.4. The molecule has 96 valence electrons. The minimum Gasteiger partial charge on any atom is -0.444 e. The lowest BCUT2D eigenvalue weighted by Gasteiger charge is -2.38. The third-order valence-electron chi connectivity index (χ3n) is 3.67. The fourth-order valence-corrected chi connectivity index (χ4v) is 2.84. The van der Waals surface area contributed by atoms with Gasteiger partial charge in [-0.2, -0.15) is 0 Å². The van der Waals surface area contributed by atoms with Crippen molar-refractivity contribution in [3.05, 3.63) is 0 Å². The highest BCUT2D eigenvalue weighted by Gasteiger charge is 2.48. The van der Waals surface area contributed by atoms with Crippen molar-refractivity contribution in [2.75, 3.05) is 0 Å². The summed E-state index contributed by atoms with van der Waals surface area (Å²) in [6.45, 7) is 7.52. The van der Waals surface area contributed by atoms with Crippen LogP contribution in [0.15, 0.2) is 0 Å². The van der Waals surface area contributed by atoms with Crippen LogP contribution in [0.5, 0.6) is 0 Å². The molecule has 2 rings (SSSR count). The molecule has 0 radical (unpaired) electrons. The molecule has 0 N–H and O–H groups in total. The maximum Gasteiger partial charge on any atom is 0.410 e. The SMILES string of the molecule is C[C@H]1C(=O)C[C@H]2CC[C@H]1N2C(=O)OC(C)(C)C. The summed E-state index contributed by atoms with van der Waals surface area (Å²) in [7, 11) is 0. The van der Waals surface area contributed by atoms with Crippen molar-refractivity contribution in [1.82, 2.24) is 4.90 Å². The minimum atomic E-state index is -0.471. The van der Waals surface area contributed by atoms with Crippen LogP contribution >= 0.6 is 0 Å². The van der Waals surface area contributed by atoms with E-state index in [1.807, 2.05) is 27.7 Å². The van der Waals surface area contributed by atoms with Gasteiger partial charge in [0.15, 0.2) is 0 Å². The Morgan fingerprint density at radius 2 is 2.00 bits per heavy atom. The summed E-state index contributed by atoms with van der Waals surface area (Å²) in [5.74, 6) is 0.249. The van der Waals surface area contributed by atoms with Gasteiger partial charge in [-0.15, -0.1) is 0 Å². The maximum absolute atomic E-state index is 12.1. The molecule has 1 amide bonds. The van der Waals surface area contributed by atoms with Gasteiger partial charge in [-0.1, -0.05) is 6.92 Å². The van der Waals surface area contributed by atoms with Gasteiger partial charge in [0.2, 0.25) is 0 Å². The van der Waals surface area contributed by atoms with Crippen molar-refractivity contribution in [1.29, 1.82) is 0 Å². The molecule has 0 saturated carbocycles. The highest BCUT2D eigenvalue weighted by Crippen LogP contribution is 2.38. The fourth-order valence-electron chi connectivity index (χ4n) is 2.84. The second-order valence-electron chi connectivity index (χ2n) is 6.15. The number of piperidine rings is 1. The molecule has 2 fully saturated rings. The lowest BCUT2D eigenvalue weighted by atomic mass is 9.91. The zero-order chi connectivity index (χ0) is 12.8. The minimum absolute atomic E-state index is 0.0405. The standard InChI is InChI=1S/C13H21NO3/c1-8-10-6-5-9(7-11(8)15)14(10)12(16)17-13(2,3)4/h8-10H,5-7H2,1-4H3/t8-,9-,10-/m1/s1. The van der Waals surface area contributed by atoms with E-state index in [9.17, 15) is 9.59 Å². The monoisotopic (exact) mass is 239 g/mol. The Bertz CT molecular complexity index is 345. The third kappa shape index (κ3) is 2.31. The molecule has 4 heteroatoms. The fraction of sp³-hybridized carbons (Fsp3) is 0.846. The number of nitrogens with zero attached hydrogens (tertiary/aromatic N) is 1. The Labute approximate surface area is 102 Å². The highest BCUT2D eigenvalue weighted by atomic mass is 16.6. The summed E-state index contributed by atoms with van der Waals surface area (Å²) in [6.07, 6.45) is 2.10. The van der Waals surface area contributed by atoms with E-state index >= 15 is 0 Å². The van der Waals surface area contributed by atoms with Crippen LogP contribution in [-0.4, -0.2) is 34.5 Å². The molecule has 0 spiro atoms. The van der Waals surface area contributed by atoms with Gasteiger partial charge in [0, 0.05) is 24.4 Å². The molecule has 0 unspecified atom stereocenters. The molecular weight excluding hydrogens is 218 g/mol. The van der Waals surface area contributed by atoms with E-state index in [-0.39, 0.29) is 29.9 Å². The van der Waals surface area contributed by atoms with Gasteiger partial charge < -0.3 is 9.64 Å². The molecule has 4 nitrogen and oxygen atoms in total. The summed E-state index contributed by atoms with van der Waals surface area (Å²) in [4.78, 5) is 25.7. The van der Waals surface area contributed by atoms with Crippen molar-refractivity contribution in [2.45, 2.75) is 64.6 Å². The Kier molecular flexibility index (Phi) is 2.92. The van der Waals surface area contributed by atoms with Gasteiger partial charge in [0.05, 0.1) is 0 Å². The molecule has 2 bridgehead atoms. The summed E-state index contributed by atoms with van der Waals surface area (Å²) in [5.41, 5.74) is -0.471. The number of ether oxygens (including phenoxy) is 1. The van der Waals surface area contributed by atoms with Crippen molar-refractivity contribution >= 4 is 11.9 Å². The van der Waals surface area contributed by atoms with E-state index in [1.54, 1.807) is 4.90 Å². The lowest BCUT2D eigenvalue weighted by molar-refractivity contribution is -0.128. The Morgan fingerprint density at radius 3 is 2.59 bits per heavy atom. The van der Waals surface area contributed by atoms with Crippen LogP contribution in [-0.2, 0) is 9.53 Å². The van der Waals surface area contributed by atoms with Crippen molar-refractivity contribution in [3.63, 3.8) is 0 Å². The van der Waals surface area contributed by atoms with Gasteiger partial charge in [-0.3, -0.25) is 4.79 Å². The molecule has 0 aromatic carbocycles. The number of carbonyl (C=O) groups is 2. The Balaban J connectivity index is 2.12. The van der Waals surface area contributed by atoms with E-state index in [4.69, 9.17) is 4.74 Å². The maximum atomic E-state index is 12.1. The van der Waals surface area contributed by atoms with Gasteiger partial charge in [-0.25, -0.2) is 4.79 Å². The topological polar surface area (TPSA) is 46.6 Å². The third-order valence-corrected chi connectivity index (χ3v) is 3.67. The van der Waals surface area contributed by atoms with E-state index < -0.39 is 5.60 Å². The molecule has 2 aliphatic rings. The first-order chi connectivity index (χ1) is 7.79. The van der Waals surface area contributed by atoms with E-state index in [1.165, 1.54) is 0 Å². The van der Waals surface area contributed by atoms with Crippen LogP contribution in [0.3, 0.4) is 0 Å². The second-order valence-corrected chi connectivity index (χ2v) is 6.15. The number of ketones is 1. The largest absolute Gasteiger partial charge is 0.444 e. The lowest BCUT2D eigenvalue weighted by Crippen LogP contribution is -2.52. The summed E-state index contributed by atoms with van der Waals surface area (Å²) in [5, 5.41) is 0. The first-order valence-corrected chi connectivity index (χ1v) is 6.33. The molecule has 0 aliphatic carbocycles.